The SMILES string of the molecule is O=C(CCc1cccs1)Nc1ccc(-n2cnc3ccccc32)nc1. The van der Waals surface area contributed by atoms with Crippen molar-refractivity contribution < 1.29 is 4.79 Å². The van der Waals surface area contributed by atoms with Gasteiger partial charge in [0.1, 0.15) is 12.1 Å². The number of pyridine rings is 1. The van der Waals surface area contributed by atoms with E-state index in [4.69, 9.17) is 0 Å². The Morgan fingerprint density at radius 2 is 2.00 bits per heavy atom. The van der Waals surface area contributed by atoms with Crippen LogP contribution in [-0.2, 0) is 11.2 Å². The van der Waals surface area contributed by atoms with Crippen molar-refractivity contribution in [1.82, 2.24) is 14.5 Å². The number of thiophene rings is 1. The van der Waals surface area contributed by atoms with Gasteiger partial charge in [0.25, 0.3) is 0 Å². The van der Waals surface area contributed by atoms with Crippen molar-refractivity contribution in [3.05, 3.63) is 71.3 Å². The number of hydrogen-bond donors (Lipinski definition) is 1. The fraction of sp³-hybridized carbons (Fsp3) is 0.105. The van der Waals surface area contributed by atoms with Gasteiger partial charge in [0, 0.05) is 11.3 Å². The molecule has 0 aliphatic rings. The molecule has 0 fully saturated rings. The molecule has 0 bridgehead atoms. The van der Waals surface area contributed by atoms with E-state index < -0.39 is 0 Å². The molecule has 0 unspecified atom stereocenters. The van der Waals surface area contributed by atoms with Crippen LogP contribution in [-0.4, -0.2) is 20.4 Å². The van der Waals surface area contributed by atoms with Crippen LogP contribution in [0.15, 0.2) is 66.4 Å². The Hall–Kier alpha value is -2.99. The average Bonchev–Trinajstić information content (AvgIpc) is 3.30. The molecule has 0 saturated heterocycles. The van der Waals surface area contributed by atoms with E-state index in [9.17, 15) is 4.79 Å². The van der Waals surface area contributed by atoms with Crippen LogP contribution >= 0.6 is 11.3 Å². The molecule has 1 N–H and O–H groups in total. The third-order valence-electron chi connectivity index (χ3n) is 3.91. The topological polar surface area (TPSA) is 59.8 Å². The van der Waals surface area contributed by atoms with Crippen LogP contribution in [0.5, 0.6) is 0 Å². The molecule has 0 spiro atoms. The van der Waals surface area contributed by atoms with E-state index in [-0.39, 0.29) is 5.91 Å². The summed E-state index contributed by atoms with van der Waals surface area (Å²) >= 11 is 1.67. The van der Waals surface area contributed by atoms with E-state index >= 15 is 0 Å². The molecule has 3 heterocycles. The van der Waals surface area contributed by atoms with Crippen LogP contribution in [0.1, 0.15) is 11.3 Å². The summed E-state index contributed by atoms with van der Waals surface area (Å²) in [6.07, 6.45) is 4.66. The fourth-order valence-electron chi connectivity index (χ4n) is 2.66. The number of aromatic nitrogens is 3. The molecule has 1 aromatic carbocycles. The third kappa shape index (κ3) is 3.44. The van der Waals surface area contributed by atoms with Gasteiger partial charge in [-0.3, -0.25) is 9.36 Å². The van der Waals surface area contributed by atoms with Crippen molar-refractivity contribution in [3.63, 3.8) is 0 Å². The number of hydrogen-bond acceptors (Lipinski definition) is 4. The molecule has 5 nitrogen and oxygen atoms in total. The number of amides is 1. The maximum absolute atomic E-state index is 12.0. The first-order valence-corrected chi connectivity index (χ1v) is 8.88. The second-order valence-corrected chi connectivity index (χ2v) is 6.67. The van der Waals surface area contributed by atoms with E-state index in [2.05, 4.69) is 15.3 Å². The molecule has 0 atom stereocenters. The lowest BCUT2D eigenvalue weighted by atomic mass is 10.2. The number of carbonyl (C=O) groups is 1. The van der Waals surface area contributed by atoms with E-state index in [1.54, 1.807) is 23.9 Å². The van der Waals surface area contributed by atoms with Crippen LogP contribution in [0.25, 0.3) is 16.9 Å². The molecule has 25 heavy (non-hydrogen) atoms. The number of aryl methyl sites for hydroxylation is 1. The van der Waals surface area contributed by atoms with Gasteiger partial charge in [-0.2, -0.15) is 0 Å². The number of nitrogens with zero attached hydrogens (tertiary/aromatic N) is 3. The van der Waals surface area contributed by atoms with E-state index in [1.807, 2.05) is 58.5 Å². The maximum atomic E-state index is 12.0. The van der Waals surface area contributed by atoms with E-state index in [1.165, 1.54) is 4.88 Å². The molecule has 3 aromatic heterocycles. The molecule has 4 aromatic rings. The van der Waals surface area contributed by atoms with Gasteiger partial charge in [0.2, 0.25) is 5.91 Å². The molecule has 1 amide bonds. The quantitative estimate of drug-likeness (QED) is 0.592. The Kier molecular flexibility index (Phi) is 4.26. The molecule has 0 aliphatic carbocycles. The minimum absolute atomic E-state index is 0.00368. The highest BCUT2D eigenvalue weighted by molar-refractivity contribution is 7.09. The zero-order chi connectivity index (χ0) is 17.1. The smallest absolute Gasteiger partial charge is 0.224 e. The Balaban J connectivity index is 1.44. The van der Waals surface area contributed by atoms with Crippen molar-refractivity contribution in [2.45, 2.75) is 12.8 Å². The number of carbonyl (C=O) groups excluding carboxylic acids is 1. The highest BCUT2D eigenvalue weighted by Gasteiger charge is 2.07. The van der Waals surface area contributed by atoms with Gasteiger partial charge < -0.3 is 5.32 Å². The number of imidazole rings is 1. The monoisotopic (exact) mass is 348 g/mol. The second-order valence-electron chi connectivity index (χ2n) is 5.64. The number of rotatable bonds is 5. The number of fused-ring (bicyclic) bond motifs is 1. The minimum atomic E-state index is -0.00368. The predicted octanol–water partition coefficient (Wildman–Crippen LogP) is 4.05. The zero-order valence-corrected chi connectivity index (χ0v) is 14.2. The molecule has 0 radical (unpaired) electrons. The molecule has 0 saturated carbocycles. The van der Waals surface area contributed by atoms with Gasteiger partial charge in [-0.05, 0) is 42.1 Å². The van der Waals surface area contributed by atoms with Gasteiger partial charge >= 0.3 is 0 Å². The first-order valence-electron chi connectivity index (χ1n) is 8.00. The normalized spacial score (nSPS) is 10.9. The van der Waals surface area contributed by atoms with Crippen molar-refractivity contribution in [1.29, 1.82) is 0 Å². The summed E-state index contributed by atoms with van der Waals surface area (Å²) in [4.78, 5) is 22.1. The van der Waals surface area contributed by atoms with Gasteiger partial charge in [-0.15, -0.1) is 11.3 Å². The van der Waals surface area contributed by atoms with Crippen molar-refractivity contribution in [2.24, 2.45) is 0 Å². The van der Waals surface area contributed by atoms with Gasteiger partial charge in [0.15, 0.2) is 0 Å². The molecule has 0 aliphatic heterocycles. The highest BCUT2D eigenvalue weighted by Crippen LogP contribution is 2.18. The summed E-state index contributed by atoms with van der Waals surface area (Å²) in [5.74, 6) is 0.765. The first kappa shape index (κ1) is 15.5. The summed E-state index contributed by atoms with van der Waals surface area (Å²) < 4.78 is 1.93. The van der Waals surface area contributed by atoms with Gasteiger partial charge in [-0.25, -0.2) is 9.97 Å². The summed E-state index contributed by atoms with van der Waals surface area (Å²) in [6.45, 7) is 0. The Morgan fingerprint density at radius 3 is 2.80 bits per heavy atom. The Labute approximate surface area is 149 Å². The molecule has 4 rings (SSSR count). The largest absolute Gasteiger partial charge is 0.325 e. The lowest BCUT2D eigenvalue weighted by molar-refractivity contribution is -0.116. The number of anilines is 1. The zero-order valence-electron chi connectivity index (χ0n) is 13.4. The number of para-hydroxylation sites is 2. The molecular weight excluding hydrogens is 332 g/mol. The van der Waals surface area contributed by atoms with Crippen LogP contribution in [0, 0.1) is 0 Å². The fourth-order valence-corrected chi connectivity index (χ4v) is 3.37. The standard InChI is InChI=1S/C19H16N4OS/c24-19(10-8-15-4-3-11-25-15)22-14-7-9-18(20-12-14)23-13-21-16-5-1-2-6-17(16)23/h1-7,9,11-13H,8,10H2,(H,22,24). The van der Waals surface area contributed by atoms with Crippen LogP contribution in [0.3, 0.4) is 0 Å². The summed E-state index contributed by atoms with van der Waals surface area (Å²) in [5, 5.41) is 4.92. The minimum Gasteiger partial charge on any atom is -0.325 e. The molecule has 6 heteroatoms. The van der Waals surface area contributed by atoms with E-state index in [0.29, 0.717) is 12.1 Å². The lowest BCUT2D eigenvalue weighted by Crippen LogP contribution is -2.12. The average molecular weight is 348 g/mol. The summed E-state index contributed by atoms with van der Waals surface area (Å²) in [5.41, 5.74) is 2.63. The Morgan fingerprint density at radius 1 is 1.08 bits per heavy atom. The summed E-state index contributed by atoms with van der Waals surface area (Å²) in [7, 11) is 0. The lowest BCUT2D eigenvalue weighted by Gasteiger charge is -2.07. The number of benzene rings is 1. The summed E-state index contributed by atoms with van der Waals surface area (Å²) in [6, 6.07) is 15.7. The maximum Gasteiger partial charge on any atom is 0.224 e. The van der Waals surface area contributed by atoms with Crippen molar-refractivity contribution in [3.8, 4) is 5.82 Å². The third-order valence-corrected chi connectivity index (χ3v) is 4.85. The second kappa shape index (κ2) is 6.86. The van der Waals surface area contributed by atoms with Crippen LogP contribution in [0.4, 0.5) is 5.69 Å². The van der Waals surface area contributed by atoms with Crippen LogP contribution in [0.2, 0.25) is 0 Å². The molecule has 124 valence electrons. The predicted molar refractivity (Wildman–Crippen MR) is 100 cm³/mol. The van der Waals surface area contributed by atoms with Gasteiger partial charge in [-0.1, -0.05) is 18.2 Å². The van der Waals surface area contributed by atoms with Crippen molar-refractivity contribution in [2.75, 3.05) is 5.32 Å². The van der Waals surface area contributed by atoms with Crippen LogP contribution < -0.4 is 5.32 Å². The molecular formula is C19H16N4OS. The van der Waals surface area contributed by atoms with Crippen molar-refractivity contribution >= 4 is 34.0 Å². The van der Waals surface area contributed by atoms with Gasteiger partial charge in [0.05, 0.1) is 22.9 Å². The number of nitrogens with one attached hydrogen (secondary N) is 1. The van der Waals surface area contributed by atoms with E-state index in [0.717, 1.165) is 23.3 Å². The first-order chi connectivity index (χ1) is 12.3. The highest BCUT2D eigenvalue weighted by atomic mass is 32.1. The Bertz CT molecular complexity index is 990.